The molecule has 5 heteroatoms. The Morgan fingerprint density at radius 2 is 1.91 bits per heavy atom. The van der Waals surface area contributed by atoms with Gasteiger partial charge in [-0.3, -0.25) is 4.79 Å². The number of esters is 1. The maximum absolute atomic E-state index is 13.2. The van der Waals surface area contributed by atoms with Crippen molar-refractivity contribution < 1.29 is 18.7 Å². The Hall–Kier alpha value is -2.69. The van der Waals surface area contributed by atoms with Gasteiger partial charge in [0.05, 0.1) is 12.2 Å². The van der Waals surface area contributed by atoms with Gasteiger partial charge >= 0.3 is 5.97 Å². The predicted molar refractivity (Wildman–Crippen MR) is 81.5 cm³/mol. The summed E-state index contributed by atoms with van der Waals surface area (Å²) in [6.07, 6.45) is 0. The molecule has 0 atom stereocenters. The molecule has 0 saturated carbocycles. The minimum Gasteiger partial charge on any atom is -0.462 e. The van der Waals surface area contributed by atoms with E-state index in [0.29, 0.717) is 22.4 Å². The molecule has 2 rings (SSSR count). The van der Waals surface area contributed by atoms with E-state index < -0.39 is 5.97 Å². The number of nitrogens with one attached hydrogen (secondary N) is 1. The average molecular weight is 301 g/mol. The highest BCUT2D eigenvalue weighted by atomic mass is 19.1. The fourth-order valence-corrected chi connectivity index (χ4v) is 1.93. The molecule has 0 aliphatic carbocycles. The lowest BCUT2D eigenvalue weighted by molar-refractivity contribution is 0.0526. The van der Waals surface area contributed by atoms with Crippen LogP contribution in [0.2, 0.25) is 0 Å². The highest BCUT2D eigenvalue weighted by Gasteiger charge is 2.11. The third-order valence-electron chi connectivity index (χ3n) is 3.05. The molecule has 1 amide bonds. The lowest BCUT2D eigenvalue weighted by Gasteiger charge is -2.08. The first-order valence-corrected chi connectivity index (χ1v) is 6.86. The van der Waals surface area contributed by atoms with Crippen molar-refractivity contribution in [2.24, 2.45) is 0 Å². The molecule has 0 radical (unpaired) electrons. The number of benzene rings is 2. The maximum atomic E-state index is 13.2. The Morgan fingerprint density at radius 3 is 2.59 bits per heavy atom. The van der Waals surface area contributed by atoms with Gasteiger partial charge < -0.3 is 10.1 Å². The van der Waals surface area contributed by atoms with Gasteiger partial charge in [0.2, 0.25) is 0 Å². The highest BCUT2D eigenvalue weighted by Crippen LogP contribution is 2.15. The van der Waals surface area contributed by atoms with E-state index in [1.165, 1.54) is 24.3 Å². The molecule has 0 unspecified atom stereocenters. The van der Waals surface area contributed by atoms with Crippen molar-refractivity contribution in [1.82, 2.24) is 0 Å². The van der Waals surface area contributed by atoms with Crippen LogP contribution in [-0.4, -0.2) is 18.5 Å². The zero-order valence-electron chi connectivity index (χ0n) is 12.4. The molecule has 0 saturated heterocycles. The SMILES string of the molecule is CCOC(=O)c1cccc(NC(=O)c2ccc(F)c(C)c2)c1. The molecule has 22 heavy (non-hydrogen) atoms. The first kappa shape index (κ1) is 15.7. The number of carbonyl (C=O) groups is 2. The molecule has 0 aliphatic rings. The standard InChI is InChI=1S/C17H16FNO3/c1-3-22-17(21)13-5-4-6-14(10-13)19-16(20)12-7-8-15(18)11(2)9-12/h4-10H,3H2,1-2H3,(H,19,20). The minimum absolute atomic E-state index is 0.282. The van der Waals surface area contributed by atoms with Gasteiger partial charge in [-0.25, -0.2) is 9.18 Å². The Bertz CT molecular complexity index is 713. The highest BCUT2D eigenvalue weighted by molar-refractivity contribution is 6.05. The van der Waals surface area contributed by atoms with Crippen LogP contribution < -0.4 is 5.32 Å². The minimum atomic E-state index is -0.448. The average Bonchev–Trinajstić information content (AvgIpc) is 2.50. The van der Waals surface area contributed by atoms with Gasteiger partial charge in [0.15, 0.2) is 0 Å². The van der Waals surface area contributed by atoms with E-state index >= 15 is 0 Å². The van der Waals surface area contributed by atoms with Crippen LogP contribution in [0.1, 0.15) is 33.2 Å². The molecule has 2 aromatic carbocycles. The molecule has 114 valence electrons. The molecular formula is C17H16FNO3. The summed E-state index contributed by atoms with van der Waals surface area (Å²) in [5.74, 6) is -1.18. The number of hydrogen-bond donors (Lipinski definition) is 1. The van der Waals surface area contributed by atoms with Gasteiger partial charge in [0.1, 0.15) is 5.82 Å². The van der Waals surface area contributed by atoms with Crippen molar-refractivity contribution in [2.45, 2.75) is 13.8 Å². The number of carbonyl (C=O) groups excluding carboxylic acids is 2. The summed E-state index contributed by atoms with van der Waals surface area (Å²) >= 11 is 0. The fraction of sp³-hybridized carbons (Fsp3) is 0.176. The molecule has 0 heterocycles. The first-order chi connectivity index (χ1) is 10.5. The van der Waals surface area contributed by atoms with Crippen molar-refractivity contribution >= 4 is 17.6 Å². The van der Waals surface area contributed by atoms with E-state index in [-0.39, 0.29) is 18.3 Å². The maximum Gasteiger partial charge on any atom is 0.338 e. The van der Waals surface area contributed by atoms with Gasteiger partial charge in [-0.1, -0.05) is 6.07 Å². The quantitative estimate of drug-likeness (QED) is 0.878. The van der Waals surface area contributed by atoms with Crippen molar-refractivity contribution in [3.8, 4) is 0 Å². The first-order valence-electron chi connectivity index (χ1n) is 6.86. The molecule has 2 aromatic rings. The smallest absolute Gasteiger partial charge is 0.338 e. The number of anilines is 1. The van der Waals surface area contributed by atoms with E-state index in [1.54, 1.807) is 32.0 Å². The summed E-state index contributed by atoms with van der Waals surface area (Å²) in [5, 5.41) is 2.67. The van der Waals surface area contributed by atoms with Crippen molar-refractivity contribution in [1.29, 1.82) is 0 Å². The van der Waals surface area contributed by atoms with Crippen LogP contribution in [0.3, 0.4) is 0 Å². The molecule has 0 bridgehead atoms. The number of aryl methyl sites for hydroxylation is 1. The zero-order chi connectivity index (χ0) is 16.1. The Kier molecular flexibility index (Phi) is 4.88. The molecule has 4 nitrogen and oxygen atoms in total. The predicted octanol–water partition coefficient (Wildman–Crippen LogP) is 3.56. The van der Waals surface area contributed by atoms with Crippen molar-refractivity contribution in [3.05, 3.63) is 65.0 Å². The molecule has 0 aliphatic heterocycles. The van der Waals surface area contributed by atoms with Crippen LogP contribution in [0, 0.1) is 12.7 Å². The Morgan fingerprint density at radius 1 is 1.14 bits per heavy atom. The monoisotopic (exact) mass is 301 g/mol. The third-order valence-corrected chi connectivity index (χ3v) is 3.05. The largest absolute Gasteiger partial charge is 0.462 e. The van der Waals surface area contributed by atoms with Crippen LogP contribution in [0.15, 0.2) is 42.5 Å². The van der Waals surface area contributed by atoms with Gasteiger partial charge in [0, 0.05) is 11.3 Å². The summed E-state index contributed by atoms with van der Waals surface area (Å²) < 4.78 is 18.1. The van der Waals surface area contributed by atoms with E-state index in [4.69, 9.17) is 4.74 Å². The lowest BCUT2D eigenvalue weighted by Crippen LogP contribution is -2.13. The molecule has 0 spiro atoms. The topological polar surface area (TPSA) is 55.4 Å². The number of rotatable bonds is 4. The summed E-state index contributed by atoms with van der Waals surface area (Å²) in [6, 6.07) is 10.6. The zero-order valence-corrected chi connectivity index (χ0v) is 12.4. The summed E-state index contributed by atoms with van der Waals surface area (Å²) in [7, 11) is 0. The molecule has 1 N–H and O–H groups in total. The Balaban J connectivity index is 2.16. The van der Waals surface area contributed by atoms with E-state index in [0.717, 1.165) is 0 Å². The van der Waals surface area contributed by atoms with Crippen molar-refractivity contribution in [2.75, 3.05) is 11.9 Å². The third kappa shape index (κ3) is 3.69. The summed E-state index contributed by atoms with van der Waals surface area (Å²) in [5.41, 5.74) is 1.57. The second-order valence-corrected chi connectivity index (χ2v) is 4.72. The number of amides is 1. The molecule has 0 fully saturated rings. The molecule has 0 aromatic heterocycles. The van der Waals surface area contributed by atoms with E-state index in [9.17, 15) is 14.0 Å². The van der Waals surface area contributed by atoms with Gasteiger partial charge in [-0.05, 0) is 55.8 Å². The number of halogens is 1. The van der Waals surface area contributed by atoms with E-state index in [1.807, 2.05) is 0 Å². The summed E-state index contributed by atoms with van der Waals surface area (Å²) in [6.45, 7) is 3.60. The van der Waals surface area contributed by atoms with Gasteiger partial charge in [0.25, 0.3) is 5.91 Å². The second-order valence-electron chi connectivity index (χ2n) is 4.72. The summed E-state index contributed by atoms with van der Waals surface area (Å²) in [4.78, 5) is 23.8. The second kappa shape index (κ2) is 6.85. The van der Waals surface area contributed by atoms with Crippen LogP contribution in [-0.2, 0) is 4.74 Å². The molecular weight excluding hydrogens is 285 g/mol. The van der Waals surface area contributed by atoms with Crippen molar-refractivity contribution in [3.63, 3.8) is 0 Å². The number of hydrogen-bond acceptors (Lipinski definition) is 3. The lowest BCUT2D eigenvalue weighted by atomic mass is 10.1. The fourth-order valence-electron chi connectivity index (χ4n) is 1.93. The Labute approximate surface area is 127 Å². The van der Waals surface area contributed by atoms with Crippen LogP contribution >= 0.6 is 0 Å². The van der Waals surface area contributed by atoms with Gasteiger partial charge in [-0.15, -0.1) is 0 Å². The van der Waals surface area contributed by atoms with Crippen LogP contribution in [0.25, 0.3) is 0 Å². The normalized spacial score (nSPS) is 10.1. The number of ether oxygens (including phenoxy) is 1. The van der Waals surface area contributed by atoms with Gasteiger partial charge in [-0.2, -0.15) is 0 Å². The van der Waals surface area contributed by atoms with Crippen LogP contribution in [0.5, 0.6) is 0 Å². The van der Waals surface area contributed by atoms with Crippen LogP contribution in [0.4, 0.5) is 10.1 Å². The van der Waals surface area contributed by atoms with E-state index in [2.05, 4.69) is 5.32 Å².